The largest absolute Gasteiger partial charge is 0.352 e. The maximum absolute atomic E-state index is 12.2. The Morgan fingerprint density at radius 3 is 2.68 bits per heavy atom. The second kappa shape index (κ2) is 9.25. The van der Waals surface area contributed by atoms with Gasteiger partial charge in [-0.15, -0.1) is 11.3 Å². The number of nitrogens with zero attached hydrogens (tertiary/aromatic N) is 4. The SMILES string of the molecule is Cc1ccc(-c2cncc3[nH]c(-c4n[nH]c5cnc(-c6cncc(NC(=O)CC(C)C)c6)cc45)cc23)s1. The number of nitrogens with one attached hydrogen (secondary N) is 3. The Morgan fingerprint density at radius 1 is 1.00 bits per heavy atom. The van der Waals surface area contributed by atoms with E-state index in [2.05, 4.69) is 60.6 Å². The van der Waals surface area contributed by atoms with Crippen molar-refractivity contribution in [3.8, 4) is 33.1 Å². The molecule has 8 nitrogen and oxygen atoms in total. The number of thiophene rings is 1. The summed E-state index contributed by atoms with van der Waals surface area (Å²) in [5.74, 6) is 0.255. The first-order chi connectivity index (χ1) is 17.9. The van der Waals surface area contributed by atoms with Crippen LogP contribution in [-0.4, -0.2) is 36.0 Å². The van der Waals surface area contributed by atoms with E-state index < -0.39 is 0 Å². The lowest BCUT2D eigenvalue weighted by atomic mass is 10.1. The minimum absolute atomic E-state index is 0.0279. The molecule has 1 amide bonds. The van der Waals surface area contributed by atoms with Crippen molar-refractivity contribution >= 4 is 44.7 Å². The van der Waals surface area contributed by atoms with Crippen molar-refractivity contribution in [1.29, 1.82) is 0 Å². The maximum Gasteiger partial charge on any atom is 0.224 e. The Balaban J connectivity index is 1.38. The molecule has 0 saturated heterocycles. The van der Waals surface area contributed by atoms with E-state index >= 15 is 0 Å². The summed E-state index contributed by atoms with van der Waals surface area (Å²) in [6.07, 6.45) is 9.38. The normalized spacial score (nSPS) is 11.6. The molecule has 0 bridgehead atoms. The Hall–Kier alpha value is -4.37. The third kappa shape index (κ3) is 4.49. The van der Waals surface area contributed by atoms with E-state index in [0.29, 0.717) is 12.1 Å². The van der Waals surface area contributed by atoms with Crippen molar-refractivity contribution < 1.29 is 4.79 Å². The van der Waals surface area contributed by atoms with Gasteiger partial charge >= 0.3 is 0 Å². The third-order valence-electron chi connectivity index (χ3n) is 6.17. The van der Waals surface area contributed by atoms with Crippen LogP contribution in [0.2, 0.25) is 0 Å². The molecular formula is C28H25N7OS. The summed E-state index contributed by atoms with van der Waals surface area (Å²) in [5.41, 5.74) is 6.80. The van der Waals surface area contributed by atoms with Crippen LogP contribution in [0.4, 0.5) is 5.69 Å². The van der Waals surface area contributed by atoms with Crippen molar-refractivity contribution in [3.05, 3.63) is 66.2 Å². The van der Waals surface area contributed by atoms with Gasteiger partial charge in [0.25, 0.3) is 0 Å². The highest BCUT2D eigenvalue weighted by Crippen LogP contribution is 2.36. The summed E-state index contributed by atoms with van der Waals surface area (Å²) < 4.78 is 0. The average Bonchev–Trinajstić information content (AvgIpc) is 3.60. The minimum atomic E-state index is -0.0279. The van der Waals surface area contributed by atoms with Gasteiger partial charge in [-0.3, -0.25) is 24.8 Å². The predicted molar refractivity (Wildman–Crippen MR) is 148 cm³/mol. The van der Waals surface area contributed by atoms with Gasteiger partial charge in [-0.2, -0.15) is 5.10 Å². The first-order valence-corrected chi connectivity index (χ1v) is 12.9. The summed E-state index contributed by atoms with van der Waals surface area (Å²) >= 11 is 1.76. The zero-order valence-corrected chi connectivity index (χ0v) is 21.5. The van der Waals surface area contributed by atoms with E-state index in [4.69, 9.17) is 0 Å². The Kier molecular flexibility index (Phi) is 5.77. The van der Waals surface area contributed by atoms with E-state index in [1.54, 1.807) is 29.9 Å². The van der Waals surface area contributed by atoms with Gasteiger partial charge in [0.1, 0.15) is 5.69 Å². The summed E-state index contributed by atoms with van der Waals surface area (Å²) in [5, 5.41) is 12.7. The smallest absolute Gasteiger partial charge is 0.224 e. The molecule has 9 heteroatoms. The lowest BCUT2D eigenvalue weighted by Crippen LogP contribution is -2.13. The average molecular weight is 508 g/mol. The molecule has 0 aliphatic heterocycles. The van der Waals surface area contributed by atoms with Crippen LogP contribution in [0, 0.1) is 12.8 Å². The number of hydrogen-bond acceptors (Lipinski definition) is 6. The fourth-order valence-electron chi connectivity index (χ4n) is 4.47. The van der Waals surface area contributed by atoms with Crippen molar-refractivity contribution in [2.45, 2.75) is 27.2 Å². The molecule has 0 aromatic carbocycles. The Bertz CT molecular complexity index is 1760. The fourth-order valence-corrected chi connectivity index (χ4v) is 5.36. The highest BCUT2D eigenvalue weighted by atomic mass is 32.1. The number of fused-ring (bicyclic) bond motifs is 2. The van der Waals surface area contributed by atoms with Crippen LogP contribution in [0.25, 0.3) is 54.9 Å². The Morgan fingerprint density at radius 2 is 1.86 bits per heavy atom. The molecule has 6 rings (SSSR count). The summed E-state index contributed by atoms with van der Waals surface area (Å²) in [6, 6.07) is 10.3. The molecule has 184 valence electrons. The van der Waals surface area contributed by atoms with Crippen LogP contribution < -0.4 is 5.32 Å². The maximum atomic E-state index is 12.2. The van der Waals surface area contributed by atoms with Crippen molar-refractivity contribution in [2.24, 2.45) is 5.92 Å². The van der Waals surface area contributed by atoms with E-state index in [1.165, 1.54) is 9.75 Å². The van der Waals surface area contributed by atoms with E-state index in [1.807, 2.05) is 38.4 Å². The summed E-state index contributed by atoms with van der Waals surface area (Å²) in [6.45, 7) is 6.14. The second-order valence-corrected chi connectivity index (χ2v) is 10.8. The van der Waals surface area contributed by atoms with Gasteiger partial charge < -0.3 is 10.3 Å². The van der Waals surface area contributed by atoms with E-state index in [0.717, 1.165) is 50.0 Å². The topological polar surface area (TPSA) is 112 Å². The van der Waals surface area contributed by atoms with Crippen LogP contribution in [0.1, 0.15) is 25.1 Å². The molecule has 6 aromatic rings. The number of pyridine rings is 3. The molecule has 0 aliphatic carbocycles. The zero-order chi connectivity index (χ0) is 25.5. The molecule has 3 N–H and O–H groups in total. The third-order valence-corrected chi connectivity index (χ3v) is 7.20. The highest BCUT2D eigenvalue weighted by molar-refractivity contribution is 7.15. The minimum Gasteiger partial charge on any atom is -0.352 e. The fraction of sp³-hybridized carbons (Fsp3) is 0.179. The molecule has 6 aromatic heterocycles. The van der Waals surface area contributed by atoms with Gasteiger partial charge in [0.05, 0.1) is 46.7 Å². The van der Waals surface area contributed by atoms with E-state index in [9.17, 15) is 4.79 Å². The number of amides is 1. The number of carbonyl (C=O) groups excluding carboxylic acids is 1. The monoisotopic (exact) mass is 507 g/mol. The number of H-pyrrole nitrogens is 2. The molecule has 0 radical (unpaired) electrons. The molecular weight excluding hydrogens is 482 g/mol. The molecule has 0 atom stereocenters. The molecule has 0 aliphatic rings. The van der Waals surface area contributed by atoms with Crippen LogP contribution in [0.5, 0.6) is 0 Å². The lowest BCUT2D eigenvalue weighted by molar-refractivity contribution is -0.116. The number of aromatic amines is 2. The van der Waals surface area contributed by atoms with Gasteiger partial charge in [0.2, 0.25) is 5.91 Å². The van der Waals surface area contributed by atoms with Gasteiger partial charge in [-0.25, -0.2) is 0 Å². The molecule has 0 unspecified atom stereocenters. The molecule has 37 heavy (non-hydrogen) atoms. The van der Waals surface area contributed by atoms with Crippen LogP contribution in [0.15, 0.2) is 61.3 Å². The standard InChI is InChI=1S/C28H25N7OS/c1-15(2)6-27(36)32-18-7-17(10-29-11-18)22-9-20-25(14-31-22)34-35-28(20)23-8-19-21(12-30-13-24(19)33-23)26-5-4-16(3)37-26/h4-5,7-15,33H,6H2,1-3H3,(H,32,36)(H,34,35). The van der Waals surface area contributed by atoms with Gasteiger partial charge in [-0.05, 0) is 43.2 Å². The van der Waals surface area contributed by atoms with Gasteiger partial charge in [0, 0.05) is 50.5 Å². The number of aromatic nitrogens is 6. The van der Waals surface area contributed by atoms with Crippen LogP contribution in [0.3, 0.4) is 0 Å². The van der Waals surface area contributed by atoms with Crippen LogP contribution in [-0.2, 0) is 4.79 Å². The number of hydrogen-bond donors (Lipinski definition) is 3. The van der Waals surface area contributed by atoms with Crippen molar-refractivity contribution in [3.63, 3.8) is 0 Å². The number of carbonyl (C=O) groups is 1. The molecule has 0 spiro atoms. The molecule has 6 heterocycles. The molecule has 0 saturated carbocycles. The number of aryl methyl sites for hydroxylation is 1. The summed E-state index contributed by atoms with van der Waals surface area (Å²) in [7, 11) is 0. The van der Waals surface area contributed by atoms with Crippen molar-refractivity contribution in [1.82, 2.24) is 30.1 Å². The predicted octanol–water partition coefficient (Wildman–Crippen LogP) is 6.58. The first-order valence-electron chi connectivity index (χ1n) is 12.1. The Labute approximate surface area is 217 Å². The van der Waals surface area contributed by atoms with Gasteiger partial charge in [0.15, 0.2) is 0 Å². The second-order valence-electron chi connectivity index (χ2n) is 9.54. The van der Waals surface area contributed by atoms with E-state index in [-0.39, 0.29) is 11.8 Å². The zero-order valence-electron chi connectivity index (χ0n) is 20.7. The van der Waals surface area contributed by atoms with Gasteiger partial charge in [-0.1, -0.05) is 13.8 Å². The highest BCUT2D eigenvalue weighted by Gasteiger charge is 2.16. The van der Waals surface area contributed by atoms with Crippen LogP contribution >= 0.6 is 11.3 Å². The first kappa shape index (κ1) is 23.1. The molecule has 0 fully saturated rings. The number of anilines is 1. The number of rotatable bonds is 6. The lowest BCUT2D eigenvalue weighted by Gasteiger charge is -2.08. The quantitative estimate of drug-likeness (QED) is 0.236. The summed E-state index contributed by atoms with van der Waals surface area (Å²) in [4.78, 5) is 31.6. The van der Waals surface area contributed by atoms with Crippen molar-refractivity contribution in [2.75, 3.05) is 5.32 Å².